The molecule has 2 aromatic carbocycles. The maximum atomic E-state index is 11.6. The van der Waals surface area contributed by atoms with Crippen molar-refractivity contribution in [2.24, 2.45) is 5.73 Å². The summed E-state index contributed by atoms with van der Waals surface area (Å²) in [6, 6.07) is 17.1. The maximum Gasteiger partial charge on any atom is 0.225 e. The zero-order chi connectivity index (χ0) is 13.0. The summed E-state index contributed by atoms with van der Waals surface area (Å²) in [6.07, 6.45) is 0.611. The van der Waals surface area contributed by atoms with Gasteiger partial charge in [0, 0.05) is 5.69 Å². The van der Waals surface area contributed by atoms with E-state index in [4.69, 9.17) is 11.5 Å². The number of amides is 1. The first kappa shape index (κ1) is 12.2. The van der Waals surface area contributed by atoms with Crippen LogP contribution in [-0.4, -0.2) is 5.91 Å². The SMILES string of the molecule is NC(=O)C(Cc1ccccc1)c1ccc(N)cc1. The molecule has 0 saturated heterocycles. The van der Waals surface area contributed by atoms with Crippen molar-refractivity contribution in [1.82, 2.24) is 0 Å². The minimum Gasteiger partial charge on any atom is -0.399 e. The third kappa shape index (κ3) is 2.88. The van der Waals surface area contributed by atoms with Gasteiger partial charge in [0.25, 0.3) is 0 Å². The van der Waals surface area contributed by atoms with Crippen LogP contribution in [0, 0.1) is 0 Å². The highest BCUT2D eigenvalue weighted by molar-refractivity contribution is 5.82. The Kier molecular flexibility index (Phi) is 3.63. The minimum absolute atomic E-state index is 0.312. The lowest BCUT2D eigenvalue weighted by atomic mass is 9.91. The van der Waals surface area contributed by atoms with Gasteiger partial charge >= 0.3 is 0 Å². The first-order valence-electron chi connectivity index (χ1n) is 5.85. The Labute approximate surface area is 106 Å². The quantitative estimate of drug-likeness (QED) is 0.803. The fourth-order valence-electron chi connectivity index (χ4n) is 1.96. The normalized spacial score (nSPS) is 12.0. The van der Waals surface area contributed by atoms with Gasteiger partial charge in [-0.05, 0) is 29.7 Å². The van der Waals surface area contributed by atoms with E-state index < -0.39 is 0 Å². The molecule has 0 radical (unpaired) electrons. The molecule has 0 aliphatic heterocycles. The predicted molar refractivity (Wildman–Crippen MR) is 72.9 cm³/mol. The number of hydrogen-bond acceptors (Lipinski definition) is 2. The molecule has 4 N–H and O–H groups in total. The number of carbonyl (C=O) groups is 1. The van der Waals surface area contributed by atoms with Crippen molar-refractivity contribution >= 4 is 11.6 Å². The fraction of sp³-hybridized carbons (Fsp3) is 0.133. The summed E-state index contributed by atoms with van der Waals surface area (Å²) in [5.41, 5.74) is 13.8. The van der Waals surface area contributed by atoms with Crippen LogP contribution < -0.4 is 11.5 Å². The standard InChI is InChI=1S/C15H16N2O/c16-13-8-6-12(7-9-13)14(15(17)18)10-11-4-2-1-3-5-11/h1-9,14H,10,16H2,(H2,17,18). The Morgan fingerprint density at radius 2 is 1.61 bits per heavy atom. The highest BCUT2D eigenvalue weighted by Gasteiger charge is 2.18. The summed E-state index contributed by atoms with van der Waals surface area (Å²) in [4.78, 5) is 11.6. The summed E-state index contributed by atoms with van der Waals surface area (Å²) >= 11 is 0. The number of rotatable bonds is 4. The molecule has 0 spiro atoms. The van der Waals surface area contributed by atoms with Gasteiger partial charge in [0.15, 0.2) is 0 Å². The van der Waals surface area contributed by atoms with Gasteiger partial charge in [-0.25, -0.2) is 0 Å². The predicted octanol–water partition coefficient (Wildman–Crippen LogP) is 2.08. The van der Waals surface area contributed by atoms with Gasteiger partial charge < -0.3 is 11.5 Å². The molecule has 1 atom stereocenters. The highest BCUT2D eigenvalue weighted by Crippen LogP contribution is 2.21. The number of carbonyl (C=O) groups excluding carboxylic acids is 1. The van der Waals surface area contributed by atoms with Crippen molar-refractivity contribution in [1.29, 1.82) is 0 Å². The van der Waals surface area contributed by atoms with Crippen molar-refractivity contribution in [3.05, 3.63) is 65.7 Å². The third-order valence-corrected chi connectivity index (χ3v) is 2.96. The lowest BCUT2D eigenvalue weighted by Crippen LogP contribution is -2.23. The molecule has 3 heteroatoms. The van der Waals surface area contributed by atoms with Crippen molar-refractivity contribution in [2.45, 2.75) is 12.3 Å². The number of benzene rings is 2. The van der Waals surface area contributed by atoms with Gasteiger partial charge in [0.1, 0.15) is 0 Å². The Hall–Kier alpha value is -2.29. The van der Waals surface area contributed by atoms with Crippen LogP contribution in [-0.2, 0) is 11.2 Å². The second kappa shape index (κ2) is 5.36. The summed E-state index contributed by atoms with van der Waals surface area (Å²) in [7, 11) is 0. The number of primary amides is 1. The number of anilines is 1. The van der Waals surface area contributed by atoms with E-state index >= 15 is 0 Å². The smallest absolute Gasteiger partial charge is 0.225 e. The van der Waals surface area contributed by atoms with Crippen LogP contribution >= 0.6 is 0 Å². The second-order valence-corrected chi connectivity index (χ2v) is 4.31. The van der Waals surface area contributed by atoms with Crippen LogP contribution in [0.1, 0.15) is 17.0 Å². The molecule has 0 aliphatic carbocycles. The Morgan fingerprint density at radius 1 is 1.00 bits per heavy atom. The van der Waals surface area contributed by atoms with Crippen LogP contribution in [0.4, 0.5) is 5.69 Å². The molecule has 2 rings (SSSR count). The maximum absolute atomic E-state index is 11.6. The second-order valence-electron chi connectivity index (χ2n) is 4.31. The average Bonchev–Trinajstić information content (AvgIpc) is 2.38. The molecule has 92 valence electrons. The Balaban J connectivity index is 2.24. The molecule has 0 fully saturated rings. The lowest BCUT2D eigenvalue weighted by molar-refractivity contribution is -0.119. The molecular formula is C15H16N2O. The van der Waals surface area contributed by atoms with Gasteiger partial charge in [-0.3, -0.25) is 4.79 Å². The zero-order valence-corrected chi connectivity index (χ0v) is 10.0. The molecular weight excluding hydrogens is 224 g/mol. The number of nitrogens with two attached hydrogens (primary N) is 2. The topological polar surface area (TPSA) is 69.1 Å². The summed E-state index contributed by atoms with van der Waals surface area (Å²) in [5.74, 6) is -0.628. The zero-order valence-electron chi connectivity index (χ0n) is 10.0. The minimum atomic E-state index is -0.316. The molecule has 0 aliphatic rings. The Bertz CT molecular complexity index is 520. The highest BCUT2D eigenvalue weighted by atomic mass is 16.1. The van der Waals surface area contributed by atoms with Crippen LogP contribution in [0.25, 0.3) is 0 Å². The first-order chi connectivity index (χ1) is 8.66. The monoisotopic (exact) mass is 240 g/mol. The molecule has 0 heterocycles. The Morgan fingerprint density at radius 3 is 2.17 bits per heavy atom. The number of nitrogen functional groups attached to an aromatic ring is 1. The molecule has 1 unspecified atom stereocenters. The van der Waals surface area contributed by atoms with Crippen LogP contribution in [0.15, 0.2) is 54.6 Å². The molecule has 18 heavy (non-hydrogen) atoms. The van der Waals surface area contributed by atoms with Gasteiger partial charge in [-0.1, -0.05) is 42.5 Å². The summed E-state index contributed by atoms with van der Waals surface area (Å²) in [5, 5.41) is 0. The molecule has 0 aromatic heterocycles. The van der Waals surface area contributed by atoms with E-state index in [9.17, 15) is 4.79 Å². The van der Waals surface area contributed by atoms with Crippen LogP contribution in [0.3, 0.4) is 0 Å². The molecule has 0 bridgehead atoms. The van der Waals surface area contributed by atoms with E-state index in [1.165, 1.54) is 0 Å². The van der Waals surface area contributed by atoms with Gasteiger partial charge in [0.2, 0.25) is 5.91 Å². The van der Waals surface area contributed by atoms with Gasteiger partial charge in [-0.15, -0.1) is 0 Å². The van der Waals surface area contributed by atoms with E-state index in [1.54, 1.807) is 12.1 Å². The van der Waals surface area contributed by atoms with E-state index in [1.807, 2.05) is 42.5 Å². The molecule has 0 saturated carbocycles. The van der Waals surface area contributed by atoms with Crippen molar-refractivity contribution in [2.75, 3.05) is 5.73 Å². The van der Waals surface area contributed by atoms with Crippen LogP contribution in [0.2, 0.25) is 0 Å². The van der Waals surface area contributed by atoms with Crippen molar-refractivity contribution in [3.63, 3.8) is 0 Å². The van der Waals surface area contributed by atoms with Gasteiger partial charge in [-0.2, -0.15) is 0 Å². The van der Waals surface area contributed by atoms with Crippen molar-refractivity contribution < 1.29 is 4.79 Å². The van der Waals surface area contributed by atoms with E-state index in [0.717, 1.165) is 11.1 Å². The van der Waals surface area contributed by atoms with Crippen molar-refractivity contribution in [3.8, 4) is 0 Å². The van der Waals surface area contributed by atoms with E-state index in [0.29, 0.717) is 12.1 Å². The largest absolute Gasteiger partial charge is 0.399 e. The molecule has 2 aromatic rings. The first-order valence-corrected chi connectivity index (χ1v) is 5.85. The fourth-order valence-corrected chi connectivity index (χ4v) is 1.96. The van der Waals surface area contributed by atoms with E-state index in [-0.39, 0.29) is 11.8 Å². The lowest BCUT2D eigenvalue weighted by Gasteiger charge is -2.14. The molecule has 1 amide bonds. The van der Waals surface area contributed by atoms with Gasteiger partial charge in [0.05, 0.1) is 5.92 Å². The summed E-state index contributed by atoms with van der Waals surface area (Å²) in [6.45, 7) is 0. The summed E-state index contributed by atoms with van der Waals surface area (Å²) < 4.78 is 0. The average molecular weight is 240 g/mol. The molecule has 3 nitrogen and oxygen atoms in total. The van der Waals surface area contributed by atoms with Crippen LogP contribution in [0.5, 0.6) is 0 Å². The van der Waals surface area contributed by atoms with E-state index in [2.05, 4.69) is 0 Å². The number of hydrogen-bond donors (Lipinski definition) is 2. The third-order valence-electron chi connectivity index (χ3n) is 2.96.